The molecule has 0 spiro atoms. The van der Waals surface area contributed by atoms with Crippen molar-refractivity contribution in [1.29, 1.82) is 0 Å². The molecule has 0 saturated carbocycles. The molecule has 0 fully saturated rings. The van der Waals surface area contributed by atoms with Crippen LogP contribution in [0.25, 0.3) is 0 Å². The Kier molecular flexibility index (Phi) is 8.34. The van der Waals surface area contributed by atoms with Crippen molar-refractivity contribution in [2.45, 2.75) is 39.3 Å². The zero-order chi connectivity index (χ0) is 14.1. The molecule has 0 amide bonds. The van der Waals surface area contributed by atoms with E-state index in [1.165, 1.54) is 21.0 Å². The molecule has 0 heterocycles. The second-order valence-electron chi connectivity index (χ2n) is 5.51. The Balaban J connectivity index is 2.27. The maximum Gasteiger partial charge on any atom is 0.0534 e. The predicted octanol–water partition coefficient (Wildman–Crippen LogP) is 3.89. The Morgan fingerprint density at radius 2 is 1.74 bits per heavy atom. The molecule has 0 atom stereocenters. The fourth-order valence-electron chi connectivity index (χ4n) is 1.67. The van der Waals surface area contributed by atoms with Gasteiger partial charge in [-0.2, -0.15) is 0 Å². The molecule has 5 heteroatoms. The molecule has 1 aromatic rings. The van der Waals surface area contributed by atoms with Crippen molar-refractivity contribution in [3.8, 4) is 0 Å². The lowest BCUT2D eigenvalue weighted by molar-refractivity contribution is 0.429. The van der Waals surface area contributed by atoms with E-state index >= 15 is 0 Å². The minimum Gasteiger partial charge on any atom is -0.312 e. The first-order chi connectivity index (χ1) is 9.01. The largest absolute Gasteiger partial charge is 0.312 e. The lowest BCUT2D eigenvalue weighted by Crippen LogP contribution is -2.37. The maximum atomic E-state index is 4.08. The van der Waals surface area contributed by atoms with Gasteiger partial charge >= 0.3 is 0 Å². The van der Waals surface area contributed by atoms with Crippen LogP contribution < -0.4 is 10.6 Å². The van der Waals surface area contributed by atoms with E-state index in [4.69, 9.17) is 0 Å². The second kappa shape index (κ2) is 9.19. The minimum atomic E-state index is 0.201. The van der Waals surface area contributed by atoms with Crippen molar-refractivity contribution in [3.63, 3.8) is 0 Å². The van der Waals surface area contributed by atoms with Crippen molar-refractivity contribution in [2.75, 3.05) is 12.4 Å². The average Bonchev–Trinajstić information content (AvgIpc) is 2.35. The van der Waals surface area contributed by atoms with Crippen molar-refractivity contribution < 1.29 is 0 Å². The fourth-order valence-corrected chi connectivity index (χ4v) is 2.79. The molecule has 0 aromatic heterocycles. The summed E-state index contributed by atoms with van der Waals surface area (Å²) < 4.78 is 0. The van der Waals surface area contributed by atoms with E-state index in [0.717, 1.165) is 25.4 Å². The first kappa shape index (κ1) is 17.2. The van der Waals surface area contributed by atoms with E-state index in [1.54, 1.807) is 10.8 Å². The van der Waals surface area contributed by atoms with Crippen LogP contribution in [0.2, 0.25) is 0 Å². The lowest BCUT2D eigenvalue weighted by atomic mass is 10.1. The topological polar surface area (TPSA) is 24.1 Å². The molecule has 1 aromatic carbocycles. The summed E-state index contributed by atoms with van der Waals surface area (Å²) >= 11 is 4.08. The van der Waals surface area contributed by atoms with Gasteiger partial charge in [-0.1, -0.05) is 46.7 Å². The highest BCUT2D eigenvalue weighted by Crippen LogP contribution is 2.22. The standard InChI is InChI=1S/C14H24N2S3/c1-14(2,3)16-9-8-12-4-6-13(7-5-12)10-15-11-18-19-17/h4-7,15-17H,8-11H2,1-3H3. The number of hydrogen-bond acceptors (Lipinski definition) is 5. The molecule has 0 aliphatic carbocycles. The number of thiol groups is 1. The number of benzene rings is 1. The quantitative estimate of drug-likeness (QED) is 0.293. The fraction of sp³-hybridized carbons (Fsp3) is 0.571. The third kappa shape index (κ3) is 8.87. The van der Waals surface area contributed by atoms with Crippen molar-refractivity contribution in [1.82, 2.24) is 10.6 Å². The molecular formula is C14H24N2S3. The second-order valence-corrected chi connectivity index (χ2v) is 8.68. The Morgan fingerprint density at radius 1 is 1.11 bits per heavy atom. The monoisotopic (exact) mass is 316 g/mol. The van der Waals surface area contributed by atoms with Crippen LogP contribution in [-0.2, 0) is 13.0 Å². The van der Waals surface area contributed by atoms with Gasteiger partial charge in [-0.25, -0.2) is 0 Å². The van der Waals surface area contributed by atoms with Gasteiger partial charge in [0.1, 0.15) is 0 Å². The zero-order valence-corrected chi connectivity index (χ0v) is 14.4. The summed E-state index contributed by atoms with van der Waals surface area (Å²) in [6, 6.07) is 8.86. The molecule has 2 nitrogen and oxygen atoms in total. The van der Waals surface area contributed by atoms with Crippen LogP contribution in [0, 0.1) is 0 Å². The van der Waals surface area contributed by atoms with Gasteiger partial charge < -0.3 is 10.6 Å². The molecule has 0 radical (unpaired) electrons. The smallest absolute Gasteiger partial charge is 0.0534 e. The molecule has 1 rings (SSSR count). The first-order valence-corrected chi connectivity index (χ1v) is 9.85. The Morgan fingerprint density at radius 3 is 2.32 bits per heavy atom. The van der Waals surface area contributed by atoms with E-state index in [1.807, 2.05) is 0 Å². The highest BCUT2D eigenvalue weighted by Gasteiger charge is 2.07. The third-order valence-electron chi connectivity index (χ3n) is 2.63. The Hall–Kier alpha value is 0.190. The normalized spacial score (nSPS) is 11.8. The molecule has 19 heavy (non-hydrogen) atoms. The molecule has 2 N–H and O–H groups in total. The van der Waals surface area contributed by atoms with E-state index in [-0.39, 0.29) is 5.54 Å². The molecule has 0 saturated heterocycles. The number of hydrogen-bond donors (Lipinski definition) is 3. The van der Waals surface area contributed by atoms with Crippen LogP contribution in [0.1, 0.15) is 31.9 Å². The molecule has 0 bridgehead atoms. The van der Waals surface area contributed by atoms with E-state index in [0.29, 0.717) is 0 Å². The van der Waals surface area contributed by atoms with Crippen molar-refractivity contribution in [2.24, 2.45) is 0 Å². The van der Waals surface area contributed by atoms with Crippen LogP contribution in [0.15, 0.2) is 24.3 Å². The van der Waals surface area contributed by atoms with Gasteiger partial charge in [-0.05, 0) is 54.7 Å². The van der Waals surface area contributed by atoms with Gasteiger partial charge in [0.25, 0.3) is 0 Å². The first-order valence-electron chi connectivity index (χ1n) is 6.48. The zero-order valence-electron chi connectivity index (χ0n) is 11.9. The van der Waals surface area contributed by atoms with Gasteiger partial charge in [0, 0.05) is 12.1 Å². The summed E-state index contributed by atoms with van der Waals surface area (Å²) in [5, 5.41) is 6.87. The van der Waals surface area contributed by atoms with Gasteiger partial charge in [-0.3, -0.25) is 0 Å². The van der Waals surface area contributed by atoms with E-state index < -0.39 is 0 Å². The highest BCUT2D eigenvalue weighted by atomic mass is 33.5. The molecule has 0 aliphatic rings. The Bertz CT molecular complexity index is 347. The summed E-state index contributed by atoms with van der Waals surface area (Å²) in [6.07, 6.45) is 1.08. The van der Waals surface area contributed by atoms with Crippen molar-refractivity contribution >= 4 is 32.3 Å². The van der Waals surface area contributed by atoms with Crippen LogP contribution in [0.4, 0.5) is 0 Å². The van der Waals surface area contributed by atoms with E-state index in [9.17, 15) is 0 Å². The highest BCUT2D eigenvalue weighted by molar-refractivity contribution is 9.05. The lowest BCUT2D eigenvalue weighted by Gasteiger charge is -2.20. The average molecular weight is 317 g/mol. The maximum absolute atomic E-state index is 4.08. The molecule has 0 aliphatic heterocycles. The van der Waals surface area contributed by atoms with Gasteiger partial charge in [0.15, 0.2) is 0 Å². The third-order valence-corrected chi connectivity index (χ3v) is 4.68. The van der Waals surface area contributed by atoms with Gasteiger partial charge in [-0.15, -0.1) is 0 Å². The van der Waals surface area contributed by atoms with Gasteiger partial charge in [0.05, 0.1) is 5.88 Å². The Labute approximate surface area is 130 Å². The summed E-state index contributed by atoms with van der Waals surface area (Å²) in [5.41, 5.74) is 2.92. The number of nitrogens with one attached hydrogen (secondary N) is 2. The minimum absolute atomic E-state index is 0.201. The predicted molar refractivity (Wildman–Crippen MR) is 93.8 cm³/mol. The van der Waals surface area contributed by atoms with Crippen LogP contribution in [0.5, 0.6) is 0 Å². The summed E-state index contributed by atoms with van der Waals surface area (Å²) in [6.45, 7) is 8.54. The number of rotatable bonds is 8. The molecule has 108 valence electrons. The van der Waals surface area contributed by atoms with Crippen LogP contribution in [0.3, 0.4) is 0 Å². The molecular weight excluding hydrogens is 292 g/mol. The molecule has 0 unspecified atom stereocenters. The van der Waals surface area contributed by atoms with Crippen LogP contribution in [-0.4, -0.2) is 18.0 Å². The van der Waals surface area contributed by atoms with E-state index in [2.05, 4.69) is 67.3 Å². The van der Waals surface area contributed by atoms with Gasteiger partial charge in [0.2, 0.25) is 0 Å². The summed E-state index contributed by atoms with van der Waals surface area (Å²) in [7, 11) is 3.20. The van der Waals surface area contributed by atoms with Crippen LogP contribution >= 0.6 is 32.3 Å². The summed E-state index contributed by atoms with van der Waals surface area (Å²) in [4.78, 5) is 0. The summed E-state index contributed by atoms with van der Waals surface area (Å²) in [5.74, 6) is 0.922. The van der Waals surface area contributed by atoms with Crippen molar-refractivity contribution in [3.05, 3.63) is 35.4 Å². The SMILES string of the molecule is CC(C)(C)NCCc1ccc(CNCSSS)cc1.